The van der Waals surface area contributed by atoms with Crippen LogP contribution in [0.2, 0.25) is 5.02 Å². The molecule has 1 aromatic rings. The SMILES string of the molecule is CN=C(NCC(SC)c1cccc(Cl)c1)N(C)CC1CCOC1.I. The number of hydrogen-bond acceptors (Lipinski definition) is 3. The van der Waals surface area contributed by atoms with Crippen molar-refractivity contribution in [3.05, 3.63) is 34.9 Å². The lowest BCUT2D eigenvalue weighted by atomic mass is 10.1. The molecule has 0 spiro atoms. The topological polar surface area (TPSA) is 36.9 Å². The minimum atomic E-state index is 0. The number of thioether (sulfide) groups is 1. The Labute approximate surface area is 171 Å². The van der Waals surface area contributed by atoms with E-state index in [2.05, 4.69) is 34.6 Å². The van der Waals surface area contributed by atoms with Gasteiger partial charge in [0.05, 0.1) is 6.61 Å². The van der Waals surface area contributed by atoms with Crippen LogP contribution in [0.3, 0.4) is 0 Å². The van der Waals surface area contributed by atoms with Gasteiger partial charge in [-0.25, -0.2) is 0 Å². The summed E-state index contributed by atoms with van der Waals surface area (Å²) < 4.78 is 5.45. The van der Waals surface area contributed by atoms with E-state index in [-0.39, 0.29) is 24.0 Å². The highest BCUT2D eigenvalue weighted by atomic mass is 127. The molecule has 0 bridgehead atoms. The van der Waals surface area contributed by atoms with Gasteiger partial charge in [0.2, 0.25) is 0 Å². The fourth-order valence-corrected chi connectivity index (χ4v) is 3.68. The summed E-state index contributed by atoms with van der Waals surface area (Å²) in [5.41, 5.74) is 1.24. The van der Waals surface area contributed by atoms with Gasteiger partial charge in [-0.15, -0.1) is 24.0 Å². The molecule has 0 radical (unpaired) electrons. The van der Waals surface area contributed by atoms with Gasteiger partial charge in [-0.2, -0.15) is 11.8 Å². The van der Waals surface area contributed by atoms with Crippen LogP contribution in [0.4, 0.5) is 0 Å². The largest absolute Gasteiger partial charge is 0.381 e. The number of nitrogens with zero attached hydrogens (tertiary/aromatic N) is 2. The van der Waals surface area contributed by atoms with E-state index in [1.807, 2.05) is 37.0 Å². The van der Waals surface area contributed by atoms with Gasteiger partial charge < -0.3 is 15.0 Å². The molecule has 1 saturated heterocycles. The summed E-state index contributed by atoms with van der Waals surface area (Å²) in [6.45, 7) is 3.53. The average molecular weight is 484 g/mol. The highest BCUT2D eigenvalue weighted by Crippen LogP contribution is 2.27. The van der Waals surface area contributed by atoms with E-state index < -0.39 is 0 Å². The van der Waals surface area contributed by atoms with Crippen LogP contribution in [-0.2, 0) is 4.74 Å². The molecule has 1 aliphatic heterocycles. The third-order valence-electron chi connectivity index (χ3n) is 4.08. The minimum absolute atomic E-state index is 0. The van der Waals surface area contributed by atoms with E-state index in [1.165, 1.54) is 5.56 Å². The molecule has 1 aromatic carbocycles. The number of halogens is 2. The molecule has 0 amide bonds. The predicted molar refractivity (Wildman–Crippen MR) is 116 cm³/mol. The smallest absolute Gasteiger partial charge is 0.193 e. The Morgan fingerprint density at radius 1 is 1.54 bits per heavy atom. The van der Waals surface area contributed by atoms with E-state index in [0.29, 0.717) is 11.2 Å². The number of hydrogen-bond donors (Lipinski definition) is 1. The molecule has 1 N–H and O–H groups in total. The van der Waals surface area contributed by atoms with Crippen molar-refractivity contribution >= 4 is 53.3 Å². The van der Waals surface area contributed by atoms with Crippen molar-refractivity contribution < 1.29 is 4.74 Å². The van der Waals surface area contributed by atoms with Crippen LogP contribution >= 0.6 is 47.3 Å². The first-order valence-electron chi connectivity index (χ1n) is 7.91. The summed E-state index contributed by atoms with van der Waals surface area (Å²) in [5.74, 6) is 1.53. The van der Waals surface area contributed by atoms with Crippen molar-refractivity contribution in [1.29, 1.82) is 0 Å². The number of rotatable bonds is 6. The van der Waals surface area contributed by atoms with Gasteiger partial charge >= 0.3 is 0 Å². The van der Waals surface area contributed by atoms with Crippen LogP contribution in [0.25, 0.3) is 0 Å². The molecule has 4 nitrogen and oxygen atoms in total. The van der Waals surface area contributed by atoms with Gasteiger partial charge in [-0.3, -0.25) is 4.99 Å². The molecule has 24 heavy (non-hydrogen) atoms. The molecular weight excluding hydrogens is 457 g/mol. The number of benzene rings is 1. The van der Waals surface area contributed by atoms with E-state index >= 15 is 0 Å². The second-order valence-electron chi connectivity index (χ2n) is 5.82. The van der Waals surface area contributed by atoms with E-state index in [9.17, 15) is 0 Å². The number of guanidine groups is 1. The molecule has 2 rings (SSSR count). The number of nitrogens with one attached hydrogen (secondary N) is 1. The zero-order chi connectivity index (χ0) is 16.7. The molecule has 1 fully saturated rings. The summed E-state index contributed by atoms with van der Waals surface area (Å²) in [4.78, 5) is 6.59. The molecule has 1 aliphatic rings. The zero-order valence-electron chi connectivity index (χ0n) is 14.5. The maximum atomic E-state index is 6.11. The first-order chi connectivity index (χ1) is 11.1. The summed E-state index contributed by atoms with van der Waals surface area (Å²) in [6, 6.07) is 8.07. The molecule has 136 valence electrons. The molecular formula is C17H27ClIN3OS. The second-order valence-corrected chi connectivity index (χ2v) is 7.29. The maximum Gasteiger partial charge on any atom is 0.193 e. The summed E-state index contributed by atoms with van der Waals surface area (Å²) in [6.07, 6.45) is 3.26. The Balaban J connectivity index is 0.00000288. The van der Waals surface area contributed by atoms with Crippen LogP contribution in [0, 0.1) is 5.92 Å². The lowest BCUT2D eigenvalue weighted by molar-refractivity contribution is 0.181. The van der Waals surface area contributed by atoms with Gasteiger partial charge in [-0.05, 0) is 30.4 Å². The van der Waals surface area contributed by atoms with Crippen LogP contribution in [0.1, 0.15) is 17.2 Å². The molecule has 2 atom stereocenters. The first-order valence-corrected chi connectivity index (χ1v) is 9.58. The standard InChI is InChI=1S/C17H26ClN3OS.HI/c1-19-17(21(2)11-13-7-8-22-12-13)20-10-16(23-3)14-5-4-6-15(18)9-14;/h4-6,9,13,16H,7-8,10-12H2,1-3H3,(H,19,20);1H. The van der Waals surface area contributed by atoms with E-state index in [0.717, 1.165) is 43.7 Å². The lowest BCUT2D eigenvalue weighted by Gasteiger charge is -2.26. The molecule has 0 aliphatic carbocycles. The van der Waals surface area contributed by atoms with Gasteiger partial charge in [-0.1, -0.05) is 23.7 Å². The van der Waals surface area contributed by atoms with Crippen molar-refractivity contribution in [3.8, 4) is 0 Å². The highest BCUT2D eigenvalue weighted by molar-refractivity contribution is 14.0. The molecule has 2 unspecified atom stereocenters. The van der Waals surface area contributed by atoms with Crippen molar-refractivity contribution in [2.24, 2.45) is 10.9 Å². The third-order valence-corrected chi connectivity index (χ3v) is 5.32. The van der Waals surface area contributed by atoms with Crippen molar-refractivity contribution in [1.82, 2.24) is 10.2 Å². The summed E-state index contributed by atoms with van der Waals surface area (Å²) >= 11 is 7.92. The monoisotopic (exact) mass is 483 g/mol. The van der Waals surface area contributed by atoms with Crippen LogP contribution in [0.5, 0.6) is 0 Å². The van der Waals surface area contributed by atoms with Crippen LogP contribution in [0.15, 0.2) is 29.3 Å². The Morgan fingerprint density at radius 3 is 2.92 bits per heavy atom. The first kappa shape index (κ1) is 21.9. The van der Waals surface area contributed by atoms with Crippen LogP contribution in [-0.4, -0.2) is 57.5 Å². The fraction of sp³-hybridized carbons (Fsp3) is 0.588. The average Bonchev–Trinajstić information content (AvgIpc) is 3.04. The number of aliphatic imine (C=N–C) groups is 1. The van der Waals surface area contributed by atoms with E-state index in [1.54, 1.807) is 0 Å². The Kier molecular flexibility index (Phi) is 10.4. The second kappa shape index (κ2) is 11.4. The summed E-state index contributed by atoms with van der Waals surface area (Å²) in [5, 5.41) is 4.61. The maximum absolute atomic E-state index is 6.11. The van der Waals surface area contributed by atoms with Crippen molar-refractivity contribution in [2.45, 2.75) is 11.7 Å². The third kappa shape index (κ3) is 6.61. The molecule has 0 saturated carbocycles. The normalized spacial score (nSPS) is 18.8. The highest BCUT2D eigenvalue weighted by Gasteiger charge is 2.19. The van der Waals surface area contributed by atoms with Gasteiger partial charge in [0.15, 0.2) is 5.96 Å². The van der Waals surface area contributed by atoms with Gasteiger partial charge in [0.1, 0.15) is 0 Å². The van der Waals surface area contributed by atoms with Crippen molar-refractivity contribution in [2.75, 3.05) is 46.7 Å². The Hall–Kier alpha value is -0.180. The Morgan fingerprint density at radius 2 is 2.33 bits per heavy atom. The zero-order valence-corrected chi connectivity index (χ0v) is 18.4. The molecule has 1 heterocycles. The number of ether oxygens (including phenoxy) is 1. The fourth-order valence-electron chi connectivity index (χ4n) is 2.81. The van der Waals surface area contributed by atoms with Crippen LogP contribution < -0.4 is 5.32 Å². The van der Waals surface area contributed by atoms with E-state index in [4.69, 9.17) is 16.3 Å². The quantitative estimate of drug-likeness (QED) is 0.378. The molecule has 7 heteroatoms. The van der Waals surface area contributed by atoms with Gasteiger partial charge in [0.25, 0.3) is 0 Å². The minimum Gasteiger partial charge on any atom is -0.381 e. The lowest BCUT2D eigenvalue weighted by Crippen LogP contribution is -2.42. The molecule has 0 aromatic heterocycles. The summed E-state index contributed by atoms with van der Waals surface area (Å²) in [7, 11) is 3.92. The van der Waals surface area contributed by atoms with Gasteiger partial charge in [0, 0.05) is 50.0 Å². The predicted octanol–water partition coefficient (Wildman–Crippen LogP) is 3.91. The van der Waals surface area contributed by atoms with Crippen molar-refractivity contribution in [3.63, 3.8) is 0 Å². The Bertz CT molecular complexity index is 526.